The summed E-state index contributed by atoms with van der Waals surface area (Å²) in [7, 11) is 1.60. The molecule has 15 heteroatoms. The van der Waals surface area contributed by atoms with Crippen LogP contribution in [0.2, 0.25) is 0 Å². The highest BCUT2D eigenvalue weighted by atomic mass is 19.4. The van der Waals surface area contributed by atoms with Gasteiger partial charge in [-0.05, 0) is 32.9 Å². The second-order valence-corrected chi connectivity index (χ2v) is 10.4. The highest BCUT2D eigenvalue weighted by molar-refractivity contribution is 6.11. The number of piperazine rings is 1. The molecule has 0 saturated carbocycles. The van der Waals surface area contributed by atoms with Gasteiger partial charge in [0, 0.05) is 45.0 Å². The SMILES string of the molecule is Cn1nc(N2CCC(=O)NC2=O)c2cccc(NC(=O)CN3CCN(C(=O)OC(C)(C)C)C[C@@H]3C(F)(F)F)c21. The zero-order valence-corrected chi connectivity index (χ0v) is 22.0. The number of anilines is 2. The summed E-state index contributed by atoms with van der Waals surface area (Å²) in [5.41, 5.74) is -0.111. The summed E-state index contributed by atoms with van der Waals surface area (Å²) in [4.78, 5) is 52.4. The first-order valence-electron chi connectivity index (χ1n) is 12.3. The van der Waals surface area contributed by atoms with Gasteiger partial charge in [0.25, 0.3) is 0 Å². The van der Waals surface area contributed by atoms with E-state index >= 15 is 0 Å². The highest BCUT2D eigenvalue weighted by Gasteiger charge is 2.48. The number of hydrogen-bond donors (Lipinski definition) is 2. The second kappa shape index (κ2) is 10.4. The number of carbonyl (C=O) groups is 4. The molecule has 2 saturated heterocycles. The fraction of sp³-hybridized carbons (Fsp3) is 0.542. The number of aromatic nitrogens is 2. The molecule has 0 spiro atoms. The number of hydrogen-bond acceptors (Lipinski definition) is 7. The maximum Gasteiger partial charge on any atom is 0.410 e. The van der Waals surface area contributed by atoms with Crippen molar-refractivity contribution >= 4 is 46.3 Å². The van der Waals surface area contributed by atoms with E-state index in [1.54, 1.807) is 46.0 Å². The number of aryl methyl sites for hydroxylation is 1. The molecule has 5 amide bonds. The summed E-state index contributed by atoms with van der Waals surface area (Å²) < 4.78 is 48.4. The summed E-state index contributed by atoms with van der Waals surface area (Å²) in [5.74, 6) is -0.802. The van der Waals surface area contributed by atoms with Gasteiger partial charge >= 0.3 is 18.3 Å². The summed E-state index contributed by atoms with van der Waals surface area (Å²) in [6.07, 6.45) is -5.43. The van der Waals surface area contributed by atoms with Crippen LogP contribution in [0.3, 0.4) is 0 Å². The number of rotatable bonds is 4. The van der Waals surface area contributed by atoms with Gasteiger partial charge in [-0.1, -0.05) is 6.07 Å². The van der Waals surface area contributed by atoms with Crippen LogP contribution in [0.4, 0.5) is 34.3 Å². The quantitative estimate of drug-likeness (QED) is 0.595. The van der Waals surface area contributed by atoms with Crippen molar-refractivity contribution in [2.45, 2.75) is 45.0 Å². The molecular weight excluding hydrogens is 523 g/mol. The fourth-order valence-electron chi connectivity index (χ4n) is 4.57. The first-order valence-corrected chi connectivity index (χ1v) is 12.3. The van der Waals surface area contributed by atoms with E-state index in [1.165, 1.54) is 9.58 Å². The van der Waals surface area contributed by atoms with E-state index in [4.69, 9.17) is 4.74 Å². The van der Waals surface area contributed by atoms with Crippen LogP contribution in [0.1, 0.15) is 27.2 Å². The molecular formula is C24H30F3N7O5. The summed E-state index contributed by atoms with van der Waals surface area (Å²) in [5, 5.41) is 9.78. The highest BCUT2D eigenvalue weighted by Crippen LogP contribution is 2.32. The molecule has 1 aromatic carbocycles. The van der Waals surface area contributed by atoms with Crippen molar-refractivity contribution < 1.29 is 37.1 Å². The number of carbonyl (C=O) groups excluding carboxylic acids is 4. The minimum atomic E-state index is -4.69. The number of benzene rings is 1. The molecule has 2 aromatic rings. The third-order valence-electron chi connectivity index (χ3n) is 6.30. The van der Waals surface area contributed by atoms with Crippen molar-refractivity contribution in [1.82, 2.24) is 24.9 Å². The minimum Gasteiger partial charge on any atom is -0.444 e. The second-order valence-electron chi connectivity index (χ2n) is 10.4. The number of halogens is 3. The van der Waals surface area contributed by atoms with Crippen LogP contribution < -0.4 is 15.5 Å². The molecule has 1 aromatic heterocycles. The molecule has 39 heavy (non-hydrogen) atoms. The molecule has 212 valence electrons. The minimum absolute atomic E-state index is 0.0319. The van der Waals surface area contributed by atoms with E-state index in [0.29, 0.717) is 16.6 Å². The average molecular weight is 554 g/mol. The molecule has 3 heterocycles. The van der Waals surface area contributed by atoms with Gasteiger partial charge in [0.15, 0.2) is 5.82 Å². The number of ether oxygens (including phenoxy) is 1. The number of amides is 5. The molecule has 2 aliphatic rings. The Labute approximate surface area is 222 Å². The van der Waals surface area contributed by atoms with E-state index in [1.807, 2.05) is 0 Å². The van der Waals surface area contributed by atoms with E-state index in [-0.39, 0.29) is 31.9 Å². The van der Waals surface area contributed by atoms with E-state index < -0.39 is 54.8 Å². The number of imide groups is 1. The molecule has 2 fully saturated rings. The Morgan fingerprint density at radius 3 is 2.51 bits per heavy atom. The fourth-order valence-corrected chi connectivity index (χ4v) is 4.57. The van der Waals surface area contributed by atoms with Crippen LogP contribution in [0, 0.1) is 0 Å². The average Bonchev–Trinajstić information content (AvgIpc) is 3.14. The Hall–Kier alpha value is -3.88. The van der Waals surface area contributed by atoms with Crippen molar-refractivity contribution in [1.29, 1.82) is 0 Å². The standard InChI is InChI=1S/C24H30F3N7O5/c1-23(2,3)39-22(38)33-11-10-32(16(12-33)24(25,26)27)13-18(36)28-15-7-5-6-14-19(15)31(4)30-20(14)34-9-8-17(35)29-21(34)37/h5-7,16H,8-13H2,1-4H3,(H,28,36)(H,29,35,37)/t16-/m1/s1. The lowest BCUT2D eigenvalue weighted by Gasteiger charge is -2.41. The summed E-state index contributed by atoms with van der Waals surface area (Å²) >= 11 is 0. The van der Waals surface area contributed by atoms with Gasteiger partial charge in [-0.25, -0.2) is 9.59 Å². The number of alkyl halides is 3. The molecule has 0 aliphatic carbocycles. The molecule has 12 nitrogen and oxygen atoms in total. The lowest BCUT2D eigenvalue weighted by atomic mass is 10.1. The lowest BCUT2D eigenvalue weighted by molar-refractivity contribution is -0.195. The topological polar surface area (TPSA) is 129 Å². The van der Waals surface area contributed by atoms with Gasteiger partial charge in [-0.15, -0.1) is 0 Å². The molecule has 2 N–H and O–H groups in total. The zero-order valence-electron chi connectivity index (χ0n) is 22.0. The van der Waals surface area contributed by atoms with Crippen LogP contribution in [-0.4, -0.2) is 94.1 Å². The number of nitrogens with zero attached hydrogens (tertiary/aromatic N) is 5. The Bertz CT molecular complexity index is 1300. The van der Waals surface area contributed by atoms with Crippen LogP contribution in [0.5, 0.6) is 0 Å². The first-order chi connectivity index (χ1) is 18.1. The van der Waals surface area contributed by atoms with Gasteiger partial charge in [0.1, 0.15) is 11.6 Å². The third-order valence-corrected chi connectivity index (χ3v) is 6.30. The van der Waals surface area contributed by atoms with Crippen LogP contribution in [-0.2, 0) is 21.4 Å². The van der Waals surface area contributed by atoms with E-state index in [0.717, 1.165) is 9.80 Å². The number of fused-ring (bicyclic) bond motifs is 1. The Morgan fingerprint density at radius 1 is 1.15 bits per heavy atom. The Balaban J connectivity index is 1.50. The van der Waals surface area contributed by atoms with Crippen LogP contribution in [0.15, 0.2) is 18.2 Å². The third kappa shape index (κ3) is 6.24. The number of nitrogens with one attached hydrogen (secondary N) is 2. The van der Waals surface area contributed by atoms with Crippen molar-refractivity contribution in [3.63, 3.8) is 0 Å². The first kappa shape index (κ1) is 28.1. The van der Waals surface area contributed by atoms with Gasteiger partial charge in [-0.3, -0.25) is 29.4 Å². The summed E-state index contributed by atoms with van der Waals surface area (Å²) in [6.45, 7) is 3.57. The van der Waals surface area contributed by atoms with Gasteiger partial charge in [0.2, 0.25) is 11.8 Å². The van der Waals surface area contributed by atoms with Crippen molar-refractivity contribution in [3.8, 4) is 0 Å². The summed E-state index contributed by atoms with van der Waals surface area (Å²) in [6, 6.07) is 2.21. The molecule has 1 atom stereocenters. The number of para-hydroxylation sites is 1. The van der Waals surface area contributed by atoms with Crippen molar-refractivity contribution in [3.05, 3.63) is 18.2 Å². The van der Waals surface area contributed by atoms with E-state index in [9.17, 15) is 32.3 Å². The lowest BCUT2D eigenvalue weighted by Crippen LogP contribution is -2.61. The molecule has 4 rings (SSSR count). The van der Waals surface area contributed by atoms with Crippen LogP contribution in [0.25, 0.3) is 10.9 Å². The van der Waals surface area contributed by atoms with Crippen molar-refractivity contribution in [2.75, 3.05) is 42.9 Å². The Kier molecular flexibility index (Phi) is 7.47. The smallest absolute Gasteiger partial charge is 0.410 e. The molecule has 2 aliphatic heterocycles. The van der Waals surface area contributed by atoms with Crippen molar-refractivity contribution in [2.24, 2.45) is 7.05 Å². The normalized spacial score (nSPS) is 19.3. The number of urea groups is 1. The molecule has 0 radical (unpaired) electrons. The van der Waals surface area contributed by atoms with E-state index in [2.05, 4.69) is 15.7 Å². The monoisotopic (exact) mass is 553 g/mol. The zero-order chi connectivity index (χ0) is 28.7. The maximum absolute atomic E-state index is 13.9. The predicted molar refractivity (Wildman–Crippen MR) is 134 cm³/mol. The molecule has 0 unspecified atom stereocenters. The predicted octanol–water partition coefficient (Wildman–Crippen LogP) is 2.44. The van der Waals surface area contributed by atoms with Gasteiger partial charge in [-0.2, -0.15) is 18.3 Å². The largest absolute Gasteiger partial charge is 0.444 e. The van der Waals surface area contributed by atoms with Crippen LogP contribution >= 0.6 is 0 Å². The van der Waals surface area contributed by atoms with Gasteiger partial charge < -0.3 is 15.0 Å². The Morgan fingerprint density at radius 2 is 1.87 bits per heavy atom. The molecule has 0 bridgehead atoms. The maximum atomic E-state index is 13.9. The van der Waals surface area contributed by atoms with Gasteiger partial charge in [0.05, 0.1) is 17.7 Å².